The van der Waals surface area contributed by atoms with Crippen LogP contribution in [0.2, 0.25) is 0 Å². The fourth-order valence-corrected chi connectivity index (χ4v) is 3.07. The van der Waals surface area contributed by atoms with Crippen LogP contribution < -0.4 is 10.6 Å². The first-order valence-electron chi connectivity index (χ1n) is 8.29. The molecule has 0 saturated heterocycles. The molecule has 0 radical (unpaired) electrons. The van der Waals surface area contributed by atoms with Gasteiger partial charge in [-0.15, -0.1) is 0 Å². The predicted molar refractivity (Wildman–Crippen MR) is 98.5 cm³/mol. The van der Waals surface area contributed by atoms with Crippen molar-refractivity contribution >= 4 is 17.5 Å². The van der Waals surface area contributed by atoms with Gasteiger partial charge in [0.25, 0.3) is 5.91 Å². The zero-order valence-electron chi connectivity index (χ0n) is 14.5. The van der Waals surface area contributed by atoms with E-state index in [2.05, 4.69) is 25.7 Å². The maximum absolute atomic E-state index is 13.1. The number of pyridine rings is 1. The molecule has 26 heavy (non-hydrogen) atoms. The first-order valence-corrected chi connectivity index (χ1v) is 8.29. The van der Waals surface area contributed by atoms with Gasteiger partial charge in [0.05, 0.1) is 5.57 Å². The minimum Gasteiger partial charge on any atom is -0.328 e. The van der Waals surface area contributed by atoms with Crippen LogP contribution in [0.3, 0.4) is 0 Å². The Labute approximate surface area is 150 Å². The lowest BCUT2D eigenvalue weighted by molar-refractivity contribution is -0.113. The van der Waals surface area contributed by atoms with Crippen molar-refractivity contribution in [2.24, 2.45) is 0 Å². The molecule has 1 atom stereocenters. The predicted octanol–water partition coefficient (Wildman–Crippen LogP) is 2.91. The van der Waals surface area contributed by atoms with Crippen LogP contribution in [0, 0.1) is 6.92 Å². The number of hydrogen-bond acceptors (Lipinski definition) is 5. The fraction of sp³-hybridized carbons (Fsp3) is 0.158. The summed E-state index contributed by atoms with van der Waals surface area (Å²) in [7, 11) is 0. The van der Waals surface area contributed by atoms with Gasteiger partial charge < -0.3 is 10.6 Å². The Kier molecular flexibility index (Phi) is 3.96. The average molecular weight is 346 g/mol. The van der Waals surface area contributed by atoms with Gasteiger partial charge in [-0.3, -0.25) is 9.78 Å². The monoisotopic (exact) mass is 346 g/mol. The van der Waals surface area contributed by atoms with Crippen LogP contribution in [0.15, 0.2) is 66.4 Å². The number of anilines is 2. The van der Waals surface area contributed by atoms with E-state index in [0.717, 1.165) is 22.5 Å². The summed E-state index contributed by atoms with van der Waals surface area (Å²) < 4.78 is 1.70. The zero-order valence-corrected chi connectivity index (χ0v) is 14.5. The zero-order chi connectivity index (χ0) is 18.1. The molecule has 0 bridgehead atoms. The van der Waals surface area contributed by atoms with Gasteiger partial charge in [-0.25, -0.2) is 4.68 Å². The number of nitrogens with one attached hydrogen (secondary N) is 2. The number of nitrogens with zero attached hydrogens (tertiary/aromatic N) is 4. The molecule has 7 heteroatoms. The molecule has 2 aromatic heterocycles. The van der Waals surface area contributed by atoms with Crippen LogP contribution >= 0.6 is 0 Å². The topological polar surface area (TPSA) is 84.7 Å². The van der Waals surface area contributed by atoms with Gasteiger partial charge in [0.1, 0.15) is 12.4 Å². The lowest BCUT2D eigenvalue weighted by Crippen LogP contribution is -2.31. The van der Waals surface area contributed by atoms with E-state index in [-0.39, 0.29) is 5.91 Å². The quantitative estimate of drug-likeness (QED) is 0.762. The van der Waals surface area contributed by atoms with Crippen molar-refractivity contribution in [2.45, 2.75) is 19.9 Å². The minimum absolute atomic E-state index is 0.186. The number of carbonyl (C=O) groups is 1. The fourth-order valence-electron chi connectivity index (χ4n) is 3.07. The Morgan fingerprint density at radius 1 is 1.19 bits per heavy atom. The second-order valence-corrected chi connectivity index (χ2v) is 6.20. The molecule has 0 unspecified atom stereocenters. The number of aromatic nitrogens is 4. The van der Waals surface area contributed by atoms with Crippen LogP contribution in [0.4, 0.5) is 11.6 Å². The molecule has 130 valence electrons. The molecule has 4 rings (SSSR count). The van der Waals surface area contributed by atoms with Crippen molar-refractivity contribution in [3.8, 4) is 0 Å². The molecule has 0 fully saturated rings. The highest BCUT2D eigenvalue weighted by Gasteiger charge is 2.33. The summed E-state index contributed by atoms with van der Waals surface area (Å²) in [4.78, 5) is 21.5. The second kappa shape index (κ2) is 6.44. The van der Waals surface area contributed by atoms with E-state index in [9.17, 15) is 4.79 Å². The first-order chi connectivity index (χ1) is 12.6. The smallest absolute Gasteiger partial charge is 0.255 e. The SMILES string of the molecule is CC1=C(C(=O)Nc2ccc(C)cc2)[C@@H](c2cccnc2)n2ncnc2N1. The van der Waals surface area contributed by atoms with Gasteiger partial charge >= 0.3 is 0 Å². The number of benzene rings is 1. The molecular weight excluding hydrogens is 328 g/mol. The van der Waals surface area contributed by atoms with E-state index in [1.165, 1.54) is 6.33 Å². The third-order valence-corrected chi connectivity index (χ3v) is 4.35. The largest absolute Gasteiger partial charge is 0.328 e. The lowest BCUT2D eigenvalue weighted by atomic mass is 9.96. The molecule has 0 aliphatic carbocycles. The first kappa shape index (κ1) is 16.0. The molecule has 0 saturated carbocycles. The molecule has 1 aromatic carbocycles. The van der Waals surface area contributed by atoms with E-state index < -0.39 is 6.04 Å². The maximum Gasteiger partial charge on any atom is 0.255 e. The van der Waals surface area contributed by atoms with E-state index in [1.54, 1.807) is 17.1 Å². The van der Waals surface area contributed by atoms with Crippen LogP contribution in [0.5, 0.6) is 0 Å². The molecule has 2 N–H and O–H groups in total. The Morgan fingerprint density at radius 2 is 2.00 bits per heavy atom. The third kappa shape index (κ3) is 2.83. The highest BCUT2D eigenvalue weighted by atomic mass is 16.1. The van der Waals surface area contributed by atoms with Gasteiger partial charge in [0.2, 0.25) is 5.95 Å². The van der Waals surface area contributed by atoms with Crippen LogP contribution in [-0.4, -0.2) is 25.7 Å². The molecule has 1 aliphatic rings. The van der Waals surface area contributed by atoms with Crippen molar-refractivity contribution in [3.63, 3.8) is 0 Å². The van der Waals surface area contributed by atoms with Crippen LogP contribution in [-0.2, 0) is 4.79 Å². The van der Waals surface area contributed by atoms with Crippen molar-refractivity contribution in [3.05, 3.63) is 77.5 Å². The Morgan fingerprint density at radius 3 is 2.73 bits per heavy atom. The number of aryl methyl sites for hydroxylation is 1. The summed E-state index contributed by atoms with van der Waals surface area (Å²) in [6.07, 6.45) is 4.92. The second-order valence-electron chi connectivity index (χ2n) is 6.20. The van der Waals surface area contributed by atoms with Gasteiger partial charge in [-0.05, 0) is 37.6 Å². The highest BCUT2D eigenvalue weighted by molar-refractivity contribution is 6.06. The number of carbonyl (C=O) groups excluding carboxylic acids is 1. The molecule has 0 spiro atoms. The Hall–Kier alpha value is -3.48. The maximum atomic E-state index is 13.1. The minimum atomic E-state index is -0.395. The van der Waals surface area contributed by atoms with Crippen LogP contribution in [0.1, 0.15) is 24.1 Å². The number of allylic oxidation sites excluding steroid dienone is 1. The summed E-state index contributed by atoms with van der Waals surface area (Å²) in [5.74, 6) is 0.414. The van der Waals surface area contributed by atoms with Crippen molar-refractivity contribution in [1.29, 1.82) is 0 Å². The number of rotatable bonds is 3. The average Bonchev–Trinajstić information content (AvgIpc) is 3.11. The molecule has 3 aromatic rings. The number of hydrogen-bond donors (Lipinski definition) is 2. The van der Waals surface area contributed by atoms with Crippen LogP contribution in [0.25, 0.3) is 0 Å². The van der Waals surface area contributed by atoms with E-state index in [1.807, 2.05) is 50.2 Å². The Balaban J connectivity index is 1.74. The van der Waals surface area contributed by atoms with Gasteiger partial charge in [-0.2, -0.15) is 10.1 Å². The highest BCUT2D eigenvalue weighted by Crippen LogP contribution is 2.34. The number of fused-ring (bicyclic) bond motifs is 1. The van der Waals surface area contributed by atoms with Crippen molar-refractivity contribution < 1.29 is 4.79 Å². The van der Waals surface area contributed by atoms with Gasteiger partial charge in [0, 0.05) is 23.8 Å². The normalized spacial score (nSPS) is 16.0. The molecular formula is C19H18N6O. The summed E-state index contributed by atoms with van der Waals surface area (Å²) in [6.45, 7) is 3.87. The summed E-state index contributed by atoms with van der Waals surface area (Å²) in [5, 5.41) is 10.4. The number of amides is 1. The van der Waals surface area contributed by atoms with Gasteiger partial charge in [0.15, 0.2) is 0 Å². The summed E-state index contributed by atoms with van der Waals surface area (Å²) >= 11 is 0. The molecule has 1 amide bonds. The van der Waals surface area contributed by atoms with E-state index >= 15 is 0 Å². The lowest BCUT2D eigenvalue weighted by Gasteiger charge is -2.28. The van der Waals surface area contributed by atoms with E-state index in [0.29, 0.717) is 11.5 Å². The molecule has 3 heterocycles. The molecule has 7 nitrogen and oxygen atoms in total. The summed E-state index contributed by atoms with van der Waals surface area (Å²) in [6, 6.07) is 11.1. The molecule has 1 aliphatic heterocycles. The summed E-state index contributed by atoms with van der Waals surface area (Å²) in [5.41, 5.74) is 4.07. The van der Waals surface area contributed by atoms with Crippen molar-refractivity contribution in [2.75, 3.05) is 10.6 Å². The Bertz CT molecular complexity index is 975. The van der Waals surface area contributed by atoms with Crippen molar-refractivity contribution in [1.82, 2.24) is 19.7 Å². The third-order valence-electron chi connectivity index (χ3n) is 4.35. The standard InChI is InChI=1S/C19H18N6O/c1-12-5-7-15(8-6-12)24-18(26)16-13(2)23-19-21-11-22-25(19)17(16)14-4-3-9-20-10-14/h3-11,17H,1-2H3,(H,24,26)(H,21,22,23)/t17-/m1/s1. The van der Waals surface area contributed by atoms with Gasteiger partial charge in [-0.1, -0.05) is 23.8 Å². The van der Waals surface area contributed by atoms with E-state index in [4.69, 9.17) is 0 Å².